The lowest BCUT2D eigenvalue weighted by molar-refractivity contribution is 0.246. The van der Waals surface area contributed by atoms with Gasteiger partial charge in [-0.15, -0.1) is 0 Å². The summed E-state index contributed by atoms with van der Waals surface area (Å²) in [6, 6.07) is 7.84. The van der Waals surface area contributed by atoms with Crippen LogP contribution in [0, 0.1) is 6.92 Å². The highest BCUT2D eigenvalue weighted by Crippen LogP contribution is 2.27. The van der Waals surface area contributed by atoms with Gasteiger partial charge in [-0.3, -0.25) is 9.30 Å². The van der Waals surface area contributed by atoms with E-state index in [0.717, 1.165) is 49.8 Å². The highest BCUT2D eigenvalue weighted by molar-refractivity contribution is 6.42. The minimum Gasteiger partial charge on any atom is -0.369 e. The standard InChI is InChI=1S/C18H19Cl2N5/c1-13-8-18-21-10-15(25(18)12-22-13)11-23-4-6-24(7-5-23)14-2-3-16(19)17(20)9-14/h2-3,8-10,12H,4-7,11H2,1H3. The van der Waals surface area contributed by atoms with E-state index in [0.29, 0.717) is 10.0 Å². The molecule has 0 unspecified atom stereocenters. The lowest BCUT2D eigenvalue weighted by Gasteiger charge is -2.36. The van der Waals surface area contributed by atoms with Crippen molar-refractivity contribution in [3.63, 3.8) is 0 Å². The number of aryl methyl sites for hydroxylation is 1. The van der Waals surface area contributed by atoms with E-state index in [2.05, 4.69) is 24.2 Å². The van der Waals surface area contributed by atoms with Gasteiger partial charge >= 0.3 is 0 Å². The Balaban J connectivity index is 1.42. The summed E-state index contributed by atoms with van der Waals surface area (Å²) in [6.07, 6.45) is 3.81. The smallest absolute Gasteiger partial charge is 0.139 e. The lowest BCUT2D eigenvalue weighted by Crippen LogP contribution is -2.46. The molecule has 25 heavy (non-hydrogen) atoms. The SMILES string of the molecule is Cc1cc2ncc(CN3CCN(c4ccc(Cl)c(Cl)c4)CC3)n2cn1. The fourth-order valence-electron chi connectivity index (χ4n) is 3.22. The number of nitrogens with zero attached hydrogens (tertiary/aromatic N) is 5. The van der Waals surface area contributed by atoms with Gasteiger partial charge < -0.3 is 4.90 Å². The van der Waals surface area contributed by atoms with Crippen LogP contribution < -0.4 is 4.90 Å². The molecule has 1 saturated heterocycles. The number of aromatic nitrogens is 3. The second kappa shape index (κ2) is 6.83. The maximum Gasteiger partial charge on any atom is 0.139 e. The van der Waals surface area contributed by atoms with E-state index in [1.54, 1.807) is 0 Å². The van der Waals surface area contributed by atoms with Gasteiger partial charge in [0.05, 0.1) is 21.9 Å². The molecular formula is C18H19Cl2N5. The summed E-state index contributed by atoms with van der Waals surface area (Å²) in [5.74, 6) is 0. The molecule has 2 aromatic heterocycles. The Labute approximate surface area is 156 Å². The molecule has 0 atom stereocenters. The average Bonchev–Trinajstić information content (AvgIpc) is 3.00. The van der Waals surface area contributed by atoms with E-state index in [1.165, 1.54) is 5.69 Å². The molecule has 1 fully saturated rings. The highest BCUT2D eigenvalue weighted by atomic mass is 35.5. The van der Waals surface area contributed by atoms with Gasteiger partial charge in [0.15, 0.2) is 0 Å². The van der Waals surface area contributed by atoms with Gasteiger partial charge in [-0.05, 0) is 25.1 Å². The van der Waals surface area contributed by atoms with Crippen LogP contribution in [0.5, 0.6) is 0 Å². The van der Waals surface area contributed by atoms with E-state index in [4.69, 9.17) is 23.2 Å². The van der Waals surface area contributed by atoms with Gasteiger partial charge in [-0.2, -0.15) is 0 Å². The van der Waals surface area contributed by atoms with Gasteiger partial charge in [-0.25, -0.2) is 9.97 Å². The van der Waals surface area contributed by atoms with E-state index in [-0.39, 0.29) is 0 Å². The van der Waals surface area contributed by atoms with Crippen molar-refractivity contribution in [1.29, 1.82) is 0 Å². The van der Waals surface area contributed by atoms with Crippen LogP contribution in [-0.2, 0) is 6.54 Å². The Morgan fingerprint density at radius 2 is 1.80 bits per heavy atom. The summed E-state index contributed by atoms with van der Waals surface area (Å²) in [4.78, 5) is 13.6. The predicted molar refractivity (Wildman–Crippen MR) is 102 cm³/mol. The number of hydrogen-bond acceptors (Lipinski definition) is 4. The minimum atomic E-state index is 0.598. The van der Waals surface area contributed by atoms with Crippen molar-refractivity contribution in [2.45, 2.75) is 13.5 Å². The van der Waals surface area contributed by atoms with Crippen LogP contribution in [0.3, 0.4) is 0 Å². The monoisotopic (exact) mass is 375 g/mol. The van der Waals surface area contributed by atoms with Gasteiger partial charge in [0.1, 0.15) is 12.0 Å². The summed E-state index contributed by atoms with van der Waals surface area (Å²) in [7, 11) is 0. The van der Waals surface area contributed by atoms with Crippen LogP contribution in [0.25, 0.3) is 5.65 Å². The summed E-state index contributed by atoms with van der Waals surface area (Å²) in [5.41, 5.74) is 4.24. The van der Waals surface area contributed by atoms with Crippen LogP contribution in [0.4, 0.5) is 5.69 Å². The topological polar surface area (TPSA) is 36.7 Å². The zero-order valence-electron chi connectivity index (χ0n) is 14.0. The first-order valence-electron chi connectivity index (χ1n) is 8.31. The van der Waals surface area contributed by atoms with Gasteiger partial charge in [0.2, 0.25) is 0 Å². The molecule has 0 bridgehead atoms. The molecule has 1 aromatic carbocycles. The minimum absolute atomic E-state index is 0.598. The Kier molecular flexibility index (Phi) is 4.54. The third-order valence-electron chi connectivity index (χ3n) is 4.64. The molecule has 3 heterocycles. The fourth-order valence-corrected chi connectivity index (χ4v) is 3.51. The number of anilines is 1. The normalized spacial score (nSPS) is 15.9. The fraction of sp³-hybridized carbons (Fsp3) is 0.333. The van der Waals surface area contributed by atoms with Crippen LogP contribution >= 0.6 is 23.2 Å². The third-order valence-corrected chi connectivity index (χ3v) is 5.38. The van der Waals surface area contributed by atoms with Crippen molar-refractivity contribution < 1.29 is 0 Å². The Bertz CT molecular complexity index is 900. The number of piperazine rings is 1. The lowest BCUT2D eigenvalue weighted by atomic mass is 10.2. The van der Waals surface area contributed by atoms with Gasteiger partial charge in [0, 0.05) is 50.2 Å². The summed E-state index contributed by atoms with van der Waals surface area (Å²) in [6.45, 7) is 6.77. The van der Waals surface area contributed by atoms with Gasteiger partial charge in [0.25, 0.3) is 0 Å². The molecular weight excluding hydrogens is 357 g/mol. The zero-order valence-corrected chi connectivity index (χ0v) is 15.5. The van der Waals surface area contributed by atoms with Crippen molar-refractivity contribution in [1.82, 2.24) is 19.3 Å². The van der Waals surface area contributed by atoms with Crippen LogP contribution in [0.1, 0.15) is 11.4 Å². The number of hydrogen-bond donors (Lipinski definition) is 0. The number of halogens is 2. The highest BCUT2D eigenvalue weighted by Gasteiger charge is 2.19. The Morgan fingerprint density at radius 3 is 2.56 bits per heavy atom. The quantitative estimate of drug-likeness (QED) is 0.699. The molecule has 4 rings (SSSR count). The number of rotatable bonds is 3. The molecule has 5 nitrogen and oxygen atoms in total. The number of fused-ring (bicyclic) bond motifs is 1. The third kappa shape index (κ3) is 3.45. The van der Waals surface area contributed by atoms with Crippen molar-refractivity contribution >= 4 is 34.5 Å². The maximum absolute atomic E-state index is 6.14. The van der Waals surface area contributed by atoms with Crippen molar-refractivity contribution in [2.24, 2.45) is 0 Å². The molecule has 3 aromatic rings. The molecule has 0 N–H and O–H groups in total. The average molecular weight is 376 g/mol. The van der Waals surface area contributed by atoms with Crippen molar-refractivity contribution in [2.75, 3.05) is 31.1 Å². The van der Waals surface area contributed by atoms with E-state index < -0.39 is 0 Å². The second-order valence-corrected chi connectivity index (χ2v) is 7.18. The van der Waals surface area contributed by atoms with E-state index >= 15 is 0 Å². The molecule has 1 aliphatic rings. The molecule has 0 spiro atoms. The molecule has 0 aliphatic carbocycles. The molecule has 7 heteroatoms. The maximum atomic E-state index is 6.14. The largest absolute Gasteiger partial charge is 0.369 e. The first kappa shape index (κ1) is 16.6. The first-order chi connectivity index (χ1) is 12.1. The molecule has 0 saturated carbocycles. The predicted octanol–water partition coefficient (Wildman–Crippen LogP) is 3.67. The number of benzene rings is 1. The molecule has 130 valence electrons. The Morgan fingerprint density at radius 1 is 1.00 bits per heavy atom. The zero-order chi connectivity index (χ0) is 17.4. The van der Waals surface area contributed by atoms with Crippen LogP contribution in [-0.4, -0.2) is 45.4 Å². The summed E-state index contributed by atoms with van der Waals surface area (Å²) >= 11 is 12.1. The Hall–Kier alpha value is -1.82. The molecule has 1 aliphatic heterocycles. The van der Waals surface area contributed by atoms with Crippen LogP contribution in [0.15, 0.2) is 36.8 Å². The van der Waals surface area contributed by atoms with Crippen molar-refractivity contribution in [3.8, 4) is 0 Å². The van der Waals surface area contributed by atoms with Gasteiger partial charge in [-0.1, -0.05) is 23.2 Å². The van der Waals surface area contributed by atoms with E-state index in [9.17, 15) is 0 Å². The summed E-state index contributed by atoms with van der Waals surface area (Å²) < 4.78 is 2.07. The van der Waals surface area contributed by atoms with E-state index in [1.807, 2.05) is 43.7 Å². The van der Waals surface area contributed by atoms with Crippen LogP contribution in [0.2, 0.25) is 10.0 Å². The second-order valence-electron chi connectivity index (χ2n) is 6.37. The van der Waals surface area contributed by atoms with Crippen molar-refractivity contribution in [3.05, 3.63) is 58.2 Å². The molecule has 0 amide bonds. The molecule has 0 radical (unpaired) electrons. The number of imidazole rings is 1. The summed E-state index contributed by atoms with van der Waals surface area (Å²) in [5, 5.41) is 1.20. The first-order valence-corrected chi connectivity index (χ1v) is 9.07.